The Hall–Kier alpha value is -1.38. The summed E-state index contributed by atoms with van der Waals surface area (Å²) in [5.74, 6) is 0.00127. The van der Waals surface area contributed by atoms with Crippen LogP contribution in [-0.2, 0) is 11.2 Å². The van der Waals surface area contributed by atoms with Crippen molar-refractivity contribution in [2.45, 2.75) is 27.2 Å². The molecule has 130 valence electrons. The van der Waals surface area contributed by atoms with Crippen LogP contribution < -0.4 is 16.4 Å². The van der Waals surface area contributed by atoms with Gasteiger partial charge in [0, 0.05) is 13.1 Å². The fourth-order valence-corrected chi connectivity index (χ4v) is 1.71. The lowest BCUT2D eigenvalue weighted by Crippen LogP contribution is -2.40. The molecule has 0 saturated carbocycles. The third kappa shape index (κ3) is 8.15. The molecule has 0 heterocycles. The third-order valence-electron chi connectivity index (χ3n) is 3.24. The molecule has 0 aromatic heterocycles. The first-order valence-electron chi connectivity index (χ1n) is 7.41. The van der Waals surface area contributed by atoms with Crippen molar-refractivity contribution in [3.63, 3.8) is 0 Å². The van der Waals surface area contributed by atoms with E-state index < -0.39 is 5.41 Å². The van der Waals surface area contributed by atoms with E-state index >= 15 is 0 Å². The van der Waals surface area contributed by atoms with Crippen LogP contribution in [0.1, 0.15) is 26.3 Å². The number of nitrogens with zero attached hydrogens (tertiary/aromatic N) is 1. The Morgan fingerprint density at radius 1 is 1.35 bits per heavy atom. The Bertz CT molecular complexity index is 535. The van der Waals surface area contributed by atoms with Crippen LogP contribution in [0.5, 0.6) is 0 Å². The molecule has 7 heteroatoms. The molecule has 1 aromatic rings. The van der Waals surface area contributed by atoms with Crippen molar-refractivity contribution in [2.75, 3.05) is 19.6 Å². The average Bonchev–Trinajstić information content (AvgIpc) is 2.44. The number of benzene rings is 1. The summed E-state index contributed by atoms with van der Waals surface area (Å²) in [7, 11) is 0. The van der Waals surface area contributed by atoms with Crippen molar-refractivity contribution in [2.24, 2.45) is 16.1 Å². The van der Waals surface area contributed by atoms with Gasteiger partial charge in [0.1, 0.15) is 5.82 Å². The molecule has 4 N–H and O–H groups in total. The second-order valence-electron chi connectivity index (χ2n) is 5.75. The van der Waals surface area contributed by atoms with Crippen molar-refractivity contribution in [3.05, 3.63) is 35.6 Å². The quantitative estimate of drug-likeness (QED) is 0.348. The van der Waals surface area contributed by atoms with Crippen LogP contribution in [0.2, 0.25) is 0 Å². The maximum Gasteiger partial charge on any atom is 0.224 e. The number of aliphatic imine (C=N–C) groups is 1. The second-order valence-corrected chi connectivity index (χ2v) is 5.75. The van der Waals surface area contributed by atoms with Gasteiger partial charge in [-0.2, -0.15) is 0 Å². The van der Waals surface area contributed by atoms with Gasteiger partial charge < -0.3 is 16.4 Å². The number of halogens is 2. The number of primary amides is 1. The van der Waals surface area contributed by atoms with Crippen molar-refractivity contribution in [3.8, 4) is 0 Å². The number of rotatable bonds is 7. The fraction of sp³-hybridized carbons (Fsp3) is 0.500. The highest BCUT2D eigenvalue weighted by Gasteiger charge is 2.24. The fourth-order valence-electron chi connectivity index (χ4n) is 1.71. The normalized spacial score (nSPS) is 11.6. The summed E-state index contributed by atoms with van der Waals surface area (Å²) >= 11 is 0. The lowest BCUT2D eigenvalue weighted by molar-refractivity contribution is -0.125. The van der Waals surface area contributed by atoms with Crippen LogP contribution in [0.3, 0.4) is 0 Å². The maximum atomic E-state index is 13.1. The predicted octanol–water partition coefficient (Wildman–Crippen LogP) is 2.05. The van der Waals surface area contributed by atoms with Crippen molar-refractivity contribution < 1.29 is 9.18 Å². The number of hydrogen-bond donors (Lipinski definition) is 3. The molecule has 0 aliphatic heterocycles. The molecule has 23 heavy (non-hydrogen) atoms. The van der Waals surface area contributed by atoms with E-state index in [4.69, 9.17) is 5.73 Å². The zero-order valence-corrected chi connectivity index (χ0v) is 16.2. The maximum absolute atomic E-state index is 13.1. The predicted molar refractivity (Wildman–Crippen MR) is 102 cm³/mol. The Labute approximate surface area is 154 Å². The number of nitrogens with one attached hydrogen (secondary N) is 2. The van der Waals surface area contributed by atoms with Crippen molar-refractivity contribution in [1.29, 1.82) is 0 Å². The molecule has 0 aliphatic rings. The number of guanidine groups is 1. The Morgan fingerprint density at radius 3 is 2.61 bits per heavy atom. The van der Waals surface area contributed by atoms with E-state index in [1.807, 2.05) is 13.0 Å². The zero-order valence-electron chi connectivity index (χ0n) is 13.9. The Kier molecular flexibility index (Phi) is 9.78. The molecular formula is C16H26FIN4O. The molecule has 0 bridgehead atoms. The summed E-state index contributed by atoms with van der Waals surface area (Å²) in [4.78, 5) is 15.7. The van der Waals surface area contributed by atoms with Gasteiger partial charge in [-0.1, -0.05) is 12.1 Å². The van der Waals surface area contributed by atoms with Gasteiger partial charge >= 0.3 is 0 Å². The Morgan fingerprint density at radius 2 is 2.04 bits per heavy atom. The second kappa shape index (κ2) is 10.4. The largest absolute Gasteiger partial charge is 0.369 e. The summed E-state index contributed by atoms with van der Waals surface area (Å²) < 4.78 is 13.1. The van der Waals surface area contributed by atoms with Gasteiger partial charge in [-0.15, -0.1) is 24.0 Å². The van der Waals surface area contributed by atoms with Crippen LogP contribution in [0, 0.1) is 11.2 Å². The summed E-state index contributed by atoms with van der Waals surface area (Å²) in [5.41, 5.74) is 5.56. The molecule has 1 rings (SSSR count). The van der Waals surface area contributed by atoms with Crippen LogP contribution in [-0.4, -0.2) is 31.5 Å². The minimum atomic E-state index is -0.690. The van der Waals surface area contributed by atoms with E-state index in [1.165, 1.54) is 12.1 Å². The van der Waals surface area contributed by atoms with Crippen LogP contribution >= 0.6 is 24.0 Å². The molecular weight excluding hydrogens is 410 g/mol. The van der Waals surface area contributed by atoms with E-state index in [0.717, 1.165) is 5.56 Å². The molecule has 0 saturated heterocycles. The number of carbonyl (C=O) groups excluding carboxylic acids is 1. The number of amides is 1. The van der Waals surface area contributed by atoms with E-state index in [2.05, 4.69) is 15.6 Å². The van der Waals surface area contributed by atoms with Gasteiger partial charge in [0.25, 0.3) is 0 Å². The highest BCUT2D eigenvalue weighted by atomic mass is 127. The molecule has 5 nitrogen and oxygen atoms in total. The lowest BCUT2D eigenvalue weighted by atomic mass is 9.93. The minimum Gasteiger partial charge on any atom is -0.369 e. The first-order valence-corrected chi connectivity index (χ1v) is 7.41. The molecule has 0 spiro atoms. The van der Waals surface area contributed by atoms with Crippen molar-refractivity contribution >= 4 is 35.8 Å². The van der Waals surface area contributed by atoms with Gasteiger partial charge in [0.15, 0.2) is 5.96 Å². The van der Waals surface area contributed by atoms with E-state index in [-0.39, 0.29) is 35.7 Å². The number of carbonyl (C=O) groups is 1. The van der Waals surface area contributed by atoms with Gasteiger partial charge in [-0.25, -0.2) is 4.39 Å². The van der Waals surface area contributed by atoms with Gasteiger partial charge in [0.05, 0.1) is 12.0 Å². The number of hydrogen-bond acceptors (Lipinski definition) is 2. The summed E-state index contributed by atoms with van der Waals surface area (Å²) in [5, 5.41) is 6.27. The van der Waals surface area contributed by atoms with Crippen LogP contribution in [0.4, 0.5) is 4.39 Å². The van der Waals surface area contributed by atoms with Gasteiger partial charge in [-0.3, -0.25) is 9.79 Å². The first kappa shape index (κ1) is 21.6. The summed E-state index contributed by atoms with van der Waals surface area (Å²) in [6, 6.07) is 6.51. The first-order chi connectivity index (χ1) is 10.3. The van der Waals surface area contributed by atoms with Gasteiger partial charge in [-0.05, 0) is 44.9 Å². The van der Waals surface area contributed by atoms with Gasteiger partial charge in [0.2, 0.25) is 5.91 Å². The molecule has 0 unspecified atom stereocenters. The average molecular weight is 436 g/mol. The molecule has 0 atom stereocenters. The SMILES string of the molecule is CCNC(=NCC(C)(C)C(N)=O)NCCc1cccc(F)c1.I. The van der Waals surface area contributed by atoms with E-state index in [1.54, 1.807) is 19.9 Å². The topological polar surface area (TPSA) is 79.5 Å². The van der Waals surface area contributed by atoms with E-state index in [0.29, 0.717) is 32.0 Å². The number of nitrogens with two attached hydrogens (primary N) is 1. The minimum absolute atomic E-state index is 0. The van der Waals surface area contributed by atoms with Crippen molar-refractivity contribution in [1.82, 2.24) is 10.6 Å². The summed E-state index contributed by atoms with van der Waals surface area (Å²) in [6.07, 6.45) is 0.682. The third-order valence-corrected chi connectivity index (χ3v) is 3.24. The molecule has 0 radical (unpaired) electrons. The lowest BCUT2D eigenvalue weighted by Gasteiger charge is -2.19. The van der Waals surface area contributed by atoms with Crippen LogP contribution in [0.15, 0.2) is 29.3 Å². The standard InChI is InChI=1S/C16H25FN4O.HI/c1-4-19-15(21-11-16(2,3)14(18)22)20-9-8-12-6-5-7-13(17)10-12;/h5-7,10H,4,8-9,11H2,1-3H3,(H2,18,22)(H2,19,20,21);1H. The summed E-state index contributed by atoms with van der Waals surface area (Å²) in [6.45, 7) is 7.11. The highest BCUT2D eigenvalue weighted by molar-refractivity contribution is 14.0. The van der Waals surface area contributed by atoms with Crippen LogP contribution in [0.25, 0.3) is 0 Å². The monoisotopic (exact) mass is 436 g/mol. The smallest absolute Gasteiger partial charge is 0.224 e. The molecule has 1 amide bonds. The molecule has 0 fully saturated rings. The zero-order chi connectivity index (χ0) is 16.6. The molecule has 0 aliphatic carbocycles. The highest BCUT2D eigenvalue weighted by Crippen LogP contribution is 2.13. The molecule has 1 aromatic carbocycles. The Balaban J connectivity index is 0.00000484. The van der Waals surface area contributed by atoms with E-state index in [9.17, 15) is 9.18 Å².